The van der Waals surface area contributed by atoms with Crippen LogP contribution in [0.4, 0.5) is 0 Å². The molecule has 1 atom stereocenters. The van der Waals surface area contributed by atoms with Gasteiger partial charge in [-0.3, -0.25) is 0 Å². The van der Waals surface area contributed by atoms with Gasteiger partial charge in [0, 0.05) is 36.5 Å². The first-order valence-corrected chi connectivity index (χ1v) is 22.3. The molecule has 1 aliphatic heterocycles. The van der Waals surface area contributed by atoms with E-state index in [0.29, 0.717) is 0 Å². The van der Waals surface area contributed by atoms with Crippen molar-refractivity contribution < 1.29 is 4.57 Å². The van der Waals surface area contributed by atoms with Crippen LogP contribution in [0.25, 0.3) is 38.3 Å². The summed E-state index contributed by atoms with van der Waals surface area (Å²) >= 11 is 1.79. The highest BCUT2D eigenvalue weighted by atomic mass is 32.2. The van der Waals surface area contributed by atoms with Gasteiger partial charge >= 0.3 is 0 Å². The molecule has 11 rings (SSSR count). The number of aryl methyl sites for hydroxylation is 1. The van der Waals surface area contributed by atoms with Crippen molar-refractivity contribution in [3.05, 3.63) is 240 Å². The second-order valence-corrected chi connectivity index (χ2v) is 19.2. The van der Waals surface area contributed by atoms with Crippen molar-refractivity contribution in [1.29, 1.82) is 0 Å². The fourth-order valence-corrected chi connectivity index (χ4v) is 13.1. The SMILES string of the molecule is Cc1cccc(Sc2ccc(C3(c4ccc(P(=O)(c5ccccc5)c5ccccc5)cc4)c4ccccc4-n4c5ccc6ccccc6c5c5cccc3c54)cc2)c1. The molecule has 10 aromatic rings. The maximum atomic E-state index is 15.6. The van der Waals surface area contributed by atoms with E-state index in [1.807, 2.05) is 60.7 Å². The number of benzene rings is 9. The van der Waals surface area contributed by atoms with Gasteiger partial charge < -0.3 is 9.13 Å². The van der Waals surface area contributed by atoms with Gasteiger partial charge in [-0.2, -0.15) is 0 Å². The average molecular weight is 780 g/mol. The summed E-state index contributed by atoms with van der Waals surface area (Å²) in [6.45, 7) is 2.14. The van der Waals surface area contributed by atoms with Crippen molar-refractivity contribution in [3.8, 4) is 5.69 Å². The smallest absolute Gasteiger partial charge is 0.171 e. The maximum absolute atomic E-state index is 15.6. The van der Waals surface area contributed by atoms with Gasteiger partial charge in [-0.15, -0.1) is 0 Å². The molecule has 0 radical (unpaired) electrons. The molecule has 1 aliphatic rings. The summed E-state index contributed by atoms with van der Waals surface area (Å²) in [5, 5.41) is 7.47. The van der Waals surface area contributed by atoms with Crippen molar-refractivity contribution in [2.24, 2.45) is 0 Å². The van der Waals surface area contributed by atoms with E-state index in [4.69, 9.17) is 0 Å². The van der Waals surface area contributed by atoms with Crippen molar-refractivity contribution in [2.75, 3.05) is 0 Å². The summed E-state index contributed by atoms with van der Waals surface area (Å²) in [7, 11) is -3.19. The van der Waals surface area contributed by atoms with Gasteiger partial charge in [-0.05, 0) is 76.3 Å². The normalized spacial score (nSPS) is 14.8. The Morgan fingerprint density at radius 2 is 1.07 bits per heavy atom. The molecule has 9 aromatic carbocycles. The summed E-state index contributed by atoms with van der Waals surface area (Å²) in [4.78, 5) is 2.42. The van der Waals surface area contributed by atoms with Gasteiger partial charge in [0.25, 0.3) is 0 Å². The Labute approximate surface area is 342 Å². The van der Waals surface area contributed by atoms with Crippen molar-refractivity contribution in [3.63, 3.8) is 0 Å². The Bertz CT molecular complexity index is 3180. The van der Waals surface area contributed by atoms with E-state index in [0.717, 1.165) is 27.2 Å². The molecule has 0 saturated carbocycles. The Balaban J connectivity index is 1.19. The highest BCUT2D eigenvalue weighted by molar-refractivity contribution is 7.99. The van der Waals surface area contributed by atoms with Crippen LogP contribution in [0.15, 0.2) is 222 Å². The van der Waals surface area contributed by atoms with E-state index >= 15 is 4.57 Å². The summed E-state index contributed by atoms with van der Waals surface area (Å²) in [5.41, 5.74) is 8.90. The standard InChI is InChI=1S/C54H38NOPS/c1-37-14-12-20-45(36-37)58-44-33-29-40(30-34-44)54(39-27-31-43(32-28-39)57(56,41-16-4-2-5-17-41)42-18-6-3-7-19-42)48-23-10-11-25-50(48)55-51-35-26-38-15-8-9-21-46(38)52(51)47-22-13-24-49(54)53(47)55/h2-36H,1H3. The van der Waals surface area contributed by atoms with Crippen LogP contribution in [-0.2, 0) is 9.98 Å². The van der Waals surface area contributed by atoms with Crippen LogP contribution in [0.2, 0.25) is 0 Å². The van der Waals surface area contributed by atoms with Crippen LogP contribution in [0.1, 0.15) is 27.8 Å². The number of fused-ring (bicyclic) bond motifs is 7. The fourth-order valence-electron chi connectivity index (χ4n) is 9.54. The lowest BCUT2D eigenvalue weighted by molar-refractivity contribution is 0.592. The Morgan fingerprint density at radius 1 is 0.483 bits per heavy atom. The summed E-state index contributed by atoms with van der Waals surface area (Å²) < 4.78 is 18.1. The van der Waals surface area contributed by atoms with Gasteiger partial charge in [0.1, 0.15) is 0 Å². The van der Waals surface area contributed by atoms with E-state index < -0.39 is 12.6 Å². The van der Waals surface area contributed by atoms with Crippen LogP contribution < -0.4 is 15.9 Å². The fraction of sp³-hybridized carbons (Fsp3) is 0.0370. The lowest BCUT2D eigenvalue weighted by Crippen LogP contribution is -2.35. The van der Waals surface area contributed by atoms with E-state index in [1.54, 1.807) is 11.8 Å². The number of aromatic nitrogens is 1. The lowest BCUT2D eigenvalue weighted by Gasteiger charge is -2.42. The van der Waals surface area contributed by atoms with E-state index in [1.165, 1.54) is 64.6 Å². The minimum atomic E-state index is -3.19. The van der Waals surface area contributed by atoms with E-state index in [-0.39, 0.29) is 0 Å². The number of rotatable bonds is 7. The molecule has 0 bridgehead atoms. The summed E-state index contributed by atoms with van der Waals surface area (Å²) in [6, 6.07) is 75.6. The molecule has 276 valence electrons. The van der Waals surface area contributed by atoms with E-state index in [2.05, 4.69) is 163 Å². The molecule has 1 unspecified atom stereocenters. The third kappa shape index (κ3) is 5.17. The van der Waals surface area contributed by atoms with Gasteiger partial charge in [-0.25, -0.2) is 0 Å². The molecule has 0 spiro atoms. The minimum Gasteiger partial charge on any atom is -0.309 e. The van der Waals surface area contributed by atoms with Crippen LogP contribution in [0.3, 0.4) is 0 Å². The van der Waals surface area contributed by atoms with Crippen molar-refractivity contribution in [2.45, 2.75) is 22.1 Å². The van der Waals surface area contributed by atoms with Gasteiger partial charge in [0.15, 0.2) is 7.14 Å². The lowest BCUT2D eigenvalue weighted by atomic mass is 9.63. The molecule has 1 aromatic heterocycles. The second-order valence-electron chi connectivity index (χ2n) is 15.3. The quantitative estimate of drug-likeness (QED) is 0.150. The van der Waals surface area contributed by atoms with Crippen LogP contribution in [-0.4, -0.2) is 4.57 Å². The second kappa shape index (κ2) is 13.6. The van der Waals surface area contributed by atoms with Gasteiger partial charge in [-0.1, -0.05) is 193 Å². The number of para-hydroxylation sites is 2. The largest absolute Gasteiger partial charge is 0.309 e. The third-order valence-corrected chi connectivity index (χ3v) is 16.1. The topological polar surface area (TPSA) is 22.0 Å². The number of hydrogen-bond donors (Lipinski definition) is 0. The molecule has 0 N–H and O–H groups in total. The zero-order chi connectivity index (χ0) is 38.8. The molecule has 0 fully saturated rings. The number of hydrogen-bond acceptors (Lipinski definition) is 2. The monoisotopic (exact) mass is 779 g/mol. The Hall–Kier alpha value is -6.38. The molecule has 58 heavy (non-hydrogen) atoms. The predicted octanol–water partition coefficient (Wildman–Crippen LogP) is 12.7. The third-order valence-electron chi connectivity index (χ3n) is 12.0. The van der Waals surface area contributed by atoms with Gasteiger partial charge in [0.2, 0.25) is 0 Å². The Kier molecular flexibility index (Phi) is 8.19. The minimum absolute atomic E-state index is 0.690. The van der Waals surface area contributed by atoms with Crippen LogP contribution in [0, 0.1) is 6.92 Å². The first-order chi connectivity index (χ1) is 28.5. The first-order valence-electron chi connectivity index (χ1n) is 19.8. The first kappa shape index (κ1) is 34.8. The number of nitrogens with zero attached hydrogens (tertiary/aromatic N) is 1. The summed E-state index contributed by atoms with van der Waals surface area (Å²) in [5.74, 6) is 0. The highest BCUT2D eigenvalue weighted by Crippen LogP contribution is 2.55. The zero-order valence-electron chi connectivity index (χ0n) is 31.9. The molecule has 0 aliphatic carbocycles. The van der Waals surface area contributed by atoms with Crippen LogP contribution in [0.5, 0.6) is 0 Å². The maximum Gasteiger partial charge on any atom is 0.171 e. The Morgan fingerprint density at radius 3 is 1.79 bits per heavy atom. The summed E-state index contributed by atoms with van der Waals surface area (Å²) in [6.07, 6.45) is 0. The average Bonchev–Trinajstić information content (AvgIpc) is 3.63. The van der Waals surface area contributed by atoms with E-state index in [9.17, 15) is 0 Å². The van der Waals surface area contributed by atoms with Crippen molar-refractivity contribution in [1.82, 2.24) is 4.57 Å². The molecule has 2 nitrogen and oxygen atoms in total. The molecular weight excluding hydrogens is 742 g/mol. The molecule has 2 heterocycles. The molecule has 0 amide bonds. The van der Waals surface area contributed by atoms with Crippen molar-refractivity contribution >= 4 is 67.4 Å². The van der Waals surface area contributed by atoms with Crippen LogP contribution >= 0.6 is 18.9 Å². The highest BCUT2D eigenvalue weighted by Gasteiger charge is 2.45. The molecular formula is C54H38NOPS. The molecule has 4 heteroatoms. The zero-order valence-corrected chi connectivity index (χ0v) is 33.6. The molecule has 0 saturated heterocycles. The van der Waals surface area contributed by atoms with Gasteiger partial charge in [0.05, 0.1) is 22.1 Å². The predicted molar refractivity (Wildman–Crippen MR) is 245 cm³/mol.